The number of carbonyl (C=O) groups excluding carboxylic acids is 1. The van der Waals surface area contributed by atoms with Gasteiger partial charge in [0.05, 0.1) is 20.6 Å². The van der Waals surface area contributed by atoms with Crippen LogP contribution in [0.25, 0.3) is 0 Å². The Hall–Kier alpha value is -3.31. The van der Waals surface area contributed by atoms with Gasteiger partial charge in [0.25, 0.3) is 21.9 Å². The molecule has 3 aromatic carbocycles. The summed E-state index contributed by atoms with van der Waals surface area (Å²) >= 11 is 12.1. The fraction of sp³-hybridized carbons (Fsp3) is 0. The maximum atomic E-state index is 12.7. The van der Waals surface area contributed by atoms with Crippen molar-refractivity contribution in [2.45, 2.75) is 4.90 Å². The van der Waals surface area contributed by atoms with Crippen molar-refractivity contribution in [1.82, 2.24) is 0 Å². The molecule has 0 unspecified atom stereocenters. The number of halogens is 2. The second-order valence-electron chi connectivity index (χ2n) is 6.14. The molecule has 3 aromatic rings. The Balaban J connectivity index is 1.93. The molecule has 0 fully saturated rings. The molecule has 0 saturated heterocycles. The monoisotopic (exact) mass is 491 g/mol. The average Bonchev–Trinajstić information content (AvgIpc) is 2.75. The first kappa shape index (κ1) is 23.4. The molecule has 0 saturated carbocycles. The van der Waals surface area contributed by atoms with Crippen molar-refractivity contribution in [2.75, 3.05) is 10.7 Å². The van der Waals surface area contributed by atoms with Gasteiger partial charge >= 0.3 is 0 Å². The van der Waals surface area contributed by atoms with E-state index in [2.05, 4.69) is 26.1 Å². The number of azo groups is 1. The quantitative estimate of drug-likeness (QED) is 0.144. The number of hydrazone groups is 1. The summed E-state index contributed by atoms with van der Waals surface area (Å²) in [5.74, 6) is -1.11. The van der Waals surface area contributed by atoms with E-state index in [0.29, 0.717) is 16.4 Å². The van der Waals surface area contributed by atoms with Gasteiger partial charge in [-0.15, -0.1) is 15.3 Å². The summed E-state index contributed by atoms with van der Waals surface area (Å²) in [5, 5.41) is 14.8. The summed E-state index contributed by atoms with van der Waals surface area (Å²) in [6.45, 7) is 0. The minimum atomic E-state index is -4.47. The summed E-state index contributed by atoms with van der Waals surface area (Å²) in [4.78, 5) is 12.3. The zero-order chi connectivity index (χ0) is 23.1. The Morgan fingerprint density at radius 1 is 0.906 bits per heavy atom. The molecule has 0 radical (unpaired) electrons. The SMILES string of the molecule is O=C(Nc1ccccc1)C(N=Nc1ccccc1Cl)=NNc1cc(S(=O)(=O)O)ccc1Cl. The number of hydrogen-bond acceptors (Lipinski definition) is 6. The largest absolute Gasteiger partial charge is 0.319 e. The Morgan fingerprint density at radius 2 is 1.59 bits per heavy atom. The van der Waals surface area contributed by atoms with E-state index in [1.54, 1.807) is 54.6 Å². The van der Waals surface area contributed by atoms with Gasteiger partial charge in [-0.05, 0) is 42.5 Å². The number of rotatable bonds is 5. The first-order valence-electron chi connectivity index (χ1n) is 8.87. The van der Waals surface area contributed by atoms with Gasteiger partial charge in [-0.1, -0.05) is 53.5 Å². The van der Waals surface area contributed by atoms with E-state index < -0.39 is 26.8 Å². The molecule has 12 heteroatoms. The number of para-hydroxylation sites is 1. The number of anilines is 2. The lowest BCUT2D eigenvalue weighted by atomic mass is 10.3. The van der Waals surface area contributed by atoms with Gasteiger partial charge in [-0.25, -0.2) is 0 Å². The van der Waals surface area contributed by atoms with Crippen LogP contribution < -0.4 is 10.7 Å². The van der Waals surface area contributed by atoms with Crippen LogP contribution in [-0.2, 0) is 14.9 Å². The van der Waals surface area contributed by atoms with E-state index in [0.717, 1.165) is 12.1 Å². The number of nitrogens with zero attached hydrogens (tertiary/aromatic N) is 3. The highest BCUT2D eigenvalue weighted by Crippen LogP contribution is 2.26. The van der Waals surface area contributed by atoms with E-state index in [4.69, 9.17) is 23.2 Å². The predicted molar refractivity (Wildman–Crippen MR) is 123 cm³/mol. The highest BCUT2D eigenvalue weighted by atomic mass is 35.5. The highest BCUT2D eigenvalue weighted by Gasteiger charge is 2.15. The van der Waals surface area contributed by atoms with Crippen molar-refractivity contribution < 1.29 is 17.8 Å². The summed E-state index contributed by atoms with van der Waals surface area (Å²) in [6, 6.07) is 18.6. The first-order chi connectivity index (χ1) is 15.2. The molecule has 0 aliphatic rings. The Kier molecular flexibility index (Phi) is 7.54. The fourth-order valence-corrected chi connectivity index (χ4v) is 3.16. The lowest BCUT2D eigenvalue weighted by molar-refractivity contribution is -0.110. The number of benzene rings is 3. The first-order valence-corrected chi connectivity index (χ1v) is 11.1. The van der Waals surface area contributed by atoms with E-state index >= 15 is 0 Å². The zero-order valence-corrected chi connectivity index (χ0v) is 18.4. The third-order valence-electron chi connectivity index (χ3n) is 3.86. The van der Waals surface area contributed by atoms with Crippen molar-refractivity contribution in [3.63, 3.8) is 0 Å². The summed E-state index contributed by atoms with van der Waals surface area (Å²) in [7, 11) is -4.47. The van der Waals surface area contributed by atoms with Crippen LogP contribution in [0.4, 0.5) is 17.1 Å². The number of carbonyl (C=O) groups is 1. The normalized spacial score (nSPS) is 12.0. The van der Waals surface area contributed by atoms with Gasteiger partial charge in [0.2, 0.25) is 0 Å². The van der Waals surface area contributed by atoms with Gasteiger partial charge in [-0.3, -0.25) is 14.8 Å². The third-order valence-corrected chi connectivity index (χ3v) is 5.36. The lowest BCUT2D eigenvalue weighted by Crippen LogP contribution is -2.22. The molecule has 32 heavy (non-hydrogen) atoms. The second kappa shape index (κ2) is 10.3. The predicted octanol–water partition coefficient (Wildman–Crippen LogP) is 5.39. The van der Waals surface area contributed by atoms with Crippen LogP contribution >= 0.6 is 23.2 Å². The number of hydrogen-bond donors (Lipinski definition) is 3. The molecule has 0 aliphatic carbocycles. The fourth-order valence-electron chi connectivity index (χ4n) is 2.32. The molecule has 0 spiro atoms. The van der Waals surface area contributed by atoms with Crippen LogP contribution in [0.1, 0.15) is 0 Å². The number of nitrogens with one attached hydrogen (secondary N) is 2. The minimum absolute atomic E-state index is 0.0137. The van der Waals surface area contributed by atoms with Crippen LogP contribution in [-0.4, -0.2) is 24.7 Å². The Labute approximate surface area is 193 Å². The maximum Gasteiger partial charge on any atom is 0.297 e. The van der Waals surface area contributed by atoms with Crippen LogP contribution in [0.5, 0.6) is 0 Å². The van der Waals surface area contributed by atoms with Gasteiger partial charge in [0.15, 0.2) is 0 Å². The van der Waals surface area contributed by atoms with Crippen LogP contribution in [0.15, 0.2) is 93.0 Å². The van der Waals surface area contributed by atoms with Crippen LogP contribution in [0.3, 0.4) is 0 Å². The highest BCUT2D eigenvalue weighted by molar-refractivity contribution is 7.85. The second-order valence-corrected chi connectivity index (χ2v) is 8.37. The molecule has 0 aromatic heterocycles. The van der Waals surface area contributed by atoms with Crippen molar-refractivity contribution in [3.05, 3.63) is 82.8 Å². The van der Waals surface area contributed by atoms with Gasteiger partial charge in [-0.2, -0.15) is 8.42 Å². The average molecular weight is 492 g/mol. The van der Waals surface area contributed by atoms with E-state index in [-0.39, 0.29) is 10.7 Å². The topological polar surface area (TPSA) is 133 Å². The summed E-state index contributed by atoms with van der Waals surface area (Å²) in [5.41, 5.74) is 3.29. The smallest absolute Gasteiger partial charge is 0.297 e. The van der Waals surface area contributed by atoms with Gasteiger partial charge in [0, 0.05) is 5.69 Å². The molecular formula is C20H15Cl2N5O4S. The molecule has 1 amide bonds. The van der Waals surface area contributed by atoms with Gasteiger partial charge < -0.3 is 5.32 Å². The van der Waals surface area contributed by atoms with E-state index in [1.165, 1.54) is 6.07 Å². The van der Waals surface area contributed by atoms with Crippen molar-refractivity contribution in [1.29, 1.82) is 0 Å². The number of amides is 1. The Morgan fingerprint density at radius 3 is 2.28 bits per heavy atom. The van der Waals surface area contributed by atoms with E-state index in [1.807, 2.05) is 0 Å². The molecule has 9 nitrogen and oxygen atoms in total. The maximum absolute atomic E-state index is 12.7. The van der Waals surface area contributed by atoms with Crippen molar-refractivity contribution >= 4 is 62.1 Å². The molecule has 0 aliphatic heterocycles. The summed E-state index contributed by atoms with van der Waals surface area (Å²) < 4.78 is 32.0. The van der Waals surface area contributed by atoms with Crippen molar-refractivity contribution in [3.8, 4) is 0 Å². The lowest BCUT2D eigenvalue weighted by Gasteiger charge is -2.07. The minimum Gasteiger partial charge on any atom is -0.319 e. The molecule has 0 heterocycles. The van der Waals surface area contributed by atoms with Crippen molar-refractivity contribution in [2.24, 2.45) is 15.3 Å². The van der Waals surface area contributed by atoms with E-state index in [9.17, 15) is 17.8 Å². The number of amidine groups is 1. The Bertz CT molecular complexity index is 1300. The molecule has 0 atom stereocenters. The zero-order valence-electron chi connectivity index (χ0n) is 16.1. The standard InChI is InChI=1S/C20H15Cl2N5O4S/c21-15-8-4-5-9-17(15)24-26-19(20(28)23-13-6-2-1-3-7-13)27-25-18-12-14(32(29,30)31)10-11-16(18)22/h1-12,25H,(H,23,28)(H,29,30,31). The molecule has 164 valence electrons. The summed E-state index contributed by atoms with van der Waals surface area (Å²) in [6.07, 6.45) is 0. The molecular weight excluding hydrogens is 477 g/mol. The van der Waals surface area contributed by atoms with Crippen LogP contribution in [0.2, 0.25) is 10.0 Å². The molecule has 0 bridgehead atoms. The van der Waals surface area contributed by atoms with Gasteiger partial charge in [0.1, 0.15) is 5.69 Å². The molecule has 3 rings (SSSR count). The third kappa shape index (κ3) is 6.34. The molecule has 3 N–H and O–H groups in total. The van der Waals surface area contributed by atoms with Crippen LogP contribution in [0, 0.1) is 0 Å².